The van der Waals surface area contributed by atoms with Crippen LogP contribution in [-0.4, -0.2) is 32.9 Å². The lowest BCUT2D eigenvalue weighted by Crippen LogP contribution is -2.32. The van der Waals surface area contributed by atoms with Crippen molar-refractivity contribution in [3.63, 3.8) is 0 Å². The average molecular weight is 433 g/mol. The van der Waals surface area contributed by atoms with Crippen molar-refractivity contribution in [2.24, 2.45) is 0 Å². The molecule has 0 bridgehead atoms. The fourth-order valence-corrected chi connectivity index (χ4v) is 3.65. The Kier molecular flexibility index (Phi) is 6.86. The number of hydrogen-bond acceptors (Lipinski definition) is 6. The van der Waals surface area contributed by atoms with Crippen molar-refractivity contribution in [2.45, 2.75) is 18.0 Å². The van der Waals surface area contributed by atoms with Gasteiger partial charge in [0, 0.05) is 13.7 Å². The third kappa shape index (κ3) is 5.68. The van der Waals surface area contributed by atoms with Crippen molar-refractivity contribution in [1.29, 1.82) is 0 Å². The largest absolute Gasteiger partial charge is 0.467 e. The van der Waals surface area contributed by atoms with Crippen LogP contribution in [0.4, 0.5) is 4.39 Å². The molecule has 0 radical (unpaired) electrons. The number of ether oxygens (including phenoxy) is 1. The second-order valence-corrected chi connectivity index (χ2v) is 7.95. The number of hydrogen-bond donors (Lipinski definition) is 0. The zero-order chi connectivity index (χ0) is 21.6. The molecular weight excluding hydrogens is 413 g/mol. The van der Waals surface area contributed by atoms with E-state index >= 15 is 0 Å². The molecule has 0 unspecified atom stereocenters. The quantitative estimate of drug-likeness (QED) is 0.481. The molecule has 1 amide bonds. The highest BCUT2D eigenvalue weighted by molar-refractivity contribution is 7.87. The zero-order valence-electron chi connectivity index (χ0n) is 16.2. The maximum Gasteiger partial charge on any atom is 0.339 e. The monoisotopic (exact) mass is 433 g/mol. The molecule has 1 aromatic heterocycles. The number of carbonyl (C=O) groups excluding carboxylic acids is 1. The highest BCUT2D eigenvalue weighted by Gasteiger charge is 2.19. The summed E-state index contributed by atoms with van der Waals surface area (Å²) in [6.45, 7) is 0.320. The summed E-state index contributed by atoms with van der Waals surface area (Å²) >= 11 is 0. The van der Waals surface area contributed by atoms with Gasteiger partial charge >= 0.3 is 10.1 Å². The number of nitrogens with zero attached hydrogens (tertiary/aromatic N) is 1. The second kappa shape index (κ2) is 9.55. The molecule has 0 N–H and O–H groups in total. The van der Waals surface area contributed by atoms with Crippen LogP contribution in [0.15, 0.2) is 76.2 Å². The Morgan fingerprint density at radius 3 is 2.50 bits per heavy atom. The van der Waals surface area contributed by atoms with Gasteiger partial charge in [-0.25, -0.2) is 4.39 Å². The molecule has 0 aliphatic carbocycles. The van der Waals surface area contributed by atoms with Gasteiger partial charge in [-0.2, -0.15) is 8.42 Å². The minimum Gasteiger partial charge on any atom is -0.467 e. The van der Waals surface area contributed by atoms with Crippen LogP contribution in [0.1, 0.15) is 11.3 Å². The van der Waals surface area contributed by atoms with Crippen LogP contribution in [0.2, 0.25) is 0 Å². The highest BCUT2D eigenvalue weighted by atomic mass is 32.2. The molecule has 1 heterocycles. The minimum absolute atomic E-state index is 0.0777. The van der Waals surface area contributed by atoms with Crippen LogP contribution in [-0.2, 0) is 32.7 Å². The average Bonchev–Trinajstić information content (AvgIpc) is 3.21. The normalized spacial score (nSPS) is 11.3. The van der Waals surface area contributed by atoms with Crippen LogP contribution in [0, 0.1) is 5.82 Å². The van der Waals surface area contributed by atoms with Gasteiger partial charge in [-0.3, -0.25) is 4.79 Å². The molecule has 9 heteroatoms. The van der Waals surface area contributed by atoms with Crippen LogP contribution in [0.5, 0.6) is 5.75 Å². The van der Waals surface area contributed by atoms with E-state index in [1.165, 1.54) is 30.4 Å². The van der Waals surface area contributed by atoms with Gasteiger partial charge in [0.25, 0.3) is 0 Å². The van der Waals surface area contributed by atoms with E-state index in [2.05, 4.69) is 0 Å². The van der Waals surface area contributed by atoms with Gasteiger partial charge in [0.2, 0.25) is 5.91 Å². The second-order valence-electron chi connectivity index (χ2n) is 6.40. The predicted molar refractivity (Wildman–Crippen MR) is 105 cm³/mol. The Morgan fingerprint density at radius 2 is 1.83 bits per heavy atom. The molecule has 2 aromatic carbocycles. The van der Waals surface area contributed by atoms with E-state index in [1.807, 2.05) is 0 Å². The first kappa shape index (κ1) is 21.5. The smallest absolute Gasteiger partial charge is 0.339 e. The molecule has 0 aliphatic rings. The summed E-state index contributed by atoms with van der Waals surface area (Å²) in [5.41, 5.74) is 0.651. The van der Waals surface area contributed by atoms with E-state index in [9.17, 15) is 17.6 Å². The van der Waals surface area contributed by atoms with Crippen molar-refractivity contribution in [3.8, 4) is 5.75 Å². The molecule has 0 fully saturated rings. The van der Waals surface area contributed by atoms with Crippen molar-refractivity contribution < 1.29 is 30.9 Å². The summed E-state index contributed by atoms with van der Waals surface area (Å²) in [5.74, 6) is -0.118. The molecule has 0 aliphatic heterocycles. The molecule has 0 saturated heterocycles. The molecule has 0 saturated carbocycles. The van der Waals surface area contributed by atoms with Crippen molar-refractivity contribution in [3.05, 3.63) is 84.1 Å². The molecule has 3 aromatic rings. The molecule has 0 atom stereocenters. The SMILES string of the molecule is COCC(=O)N(Cc1cccc(OS(=O)(=O)c2ccc(F)cc2)c1)Cc1ccco1. The summed E-state index contributed by atoms with van der Waals surface area (Å²) in [6.07, 6.45) is 1.52. The molecule has 3 rings (SSSR count). The highest BCUT2D eigenvalue weighted by Crippen LogP contribution is 2.21. The summed E-state index contributed by atoms with van der Waals surface area (Å²) in [5, 5.41) is 0. The van der Waals surface area contributed by atoms with Gasteiger partial charge in [-0.15, -0.1) is 0 Å². The predicted octanol–water partition coefficient (Wildman–Crippen LogP) is 3.36. The van der Waals surface area contributed by atoms with E-state index in [4.69, 9.17) is 13.3 Å². The molecular formula is C21H20FNO6S. The lowest BCUT2D eigenvalue weighted by Gasteiger charge is -2.21. The van der Waals surface area contributed by atoms with Gasteiger partial charge in [-0.05, 0) is 54.1 Å². The van der Waals surface area contributed by atoms with E-state index in [0.717, 1.165) is 24.3 Å². The number of methoxy groups -OCH3 is 1. The van der Waals surface area contributed by atoms with E-state index in [1.54, 1.807) is 24.3 Å². The standard InChI is InChI=1S/C21H20FNO6S/c1-27-15-21(24)23(14-19-6-3-11-28-19)13-16-4-2-5-18(12-16)29-30(25,26)20-9-7-17(22)8-10-20/h2-12H,13-15H2,1H3. The fourth-order valence-electron chi connectivity index (χ4n) is 2.73. The van der Waals surface area contributed by atoms with Gasteiger partial charge in [0.15, 0.2) is 0 Å². The summed E-state index contributed by atoms with van der Waals surface area (Å²) in [7, 11) is -2.70. The fraction of sp³-hybridized carbons (Fsp3) is 0.190. The number of halogens is 1. The van der Waals surface area contributed by atoms with Gasteiger partial charge < -0.3 is 18.2 Å². The Bertz CT molecular complexity index is 1080. The summed E-state index contributed by atoms with van der Waals surface area (Å²) < 4.78 is 53.3. The zero-order valence-corrected chi connectivity index (χ0v) is 17.0. The minimum atomic E-state index is -4.12. The number of carbonyl (C=O) groups is 1. The van der Waals surface area contributed by atoms with Crippen molar-refractivity contribution in [2.75, 3.05) is 13.7 Å². The lowest BCUT2D eigenvalue weighted by atomic mass is 10.2. The van der Waals surface area contributed by atoms with Crippen LogP contribution >= 0.6 is 0 Å². The van der Waals surface area contributed by atoms with Gasteiger partial charge in [0.1, 0.15) is 28.8 Å². The molecule has 0 spiro atoms. The first-order valence-electron chi connectivity index (χ1n) is 8.95. The van der Waals surface area contributed by atoms with Crippen molar-refractivity contribution >= 4 is 16.0 Å². The van der Waals surface area contributed by atoms with E-state index < -0.39 is 15.9 Å². The van der Waals surface area contributed by atoms with Gasteiger partial charge in [-0.1, -0.05) is 12.1 Å². The maximum absolute atomic E-state index is 13.0. The maximum atomic E-state index is 13.0. The topological polar surface area (TPSA) is 86.0 Å². The number of furan rings is 1. The number of amides is 1. The summed E-state index contributed by atoms with van der Waals surface area (Å²) in [4.78, 5) is 13.8. The number of rotatable bonds is 9. The Labute approximate surface area is 173 Å². The third-order valence-corrected chi connectivity index (χ3v) is 5.39. The molecule has 7 nitrogen and oxygen atoms in total. The van der Waals surface area contributed by atoms with Crippen LogP contribution in [0.25, 0.3) is 0 Å². The molecule has 30 heavy (non-hydrogen) atoms. The molecule has 158 valence electrons. The van der Waals surface area contributed by atoms with E-state index in [-0.39, 0.29) is 36.2 Å². The Balaban J connectivity index is 1.77. The summed E-state index contributed by atoms with van der Waals surface area (Å²) in [6, 6.07) is 14.2. The lowest BCUT2D eigenvalue weighted by molar-refractivity contribution is -0.136. The number of benzene rings is 2. The van der Waals surface area contributed by atoms with E-state index in [0.29, 0.717) is 11.3 Å². The Morgan fingerprint density at radius 1 is 1.07 bits per heavy atom. The van der Waals surface area contributed by atoms with Crippen LogP contribution in [0.3, 0.4) is 0 Å². The Hall–Kier alpha value is -3.17. The third-order valence-electron chi connectivity index (χ3n) is 4.13. The van der Waals surface area contributed by atoms with Crippen LogP contribution < -0.4 is 4.18 Å². The first-order chi connectivity index (χ1) is 14.4. The van der Waals surface area contributed by atoms with Gasteiger partial charge in [0.05, 0.1) is 12.8 Å². The first-order valence-corrected chi connectivity index (χ1v) is 10.4. The van der Waals surface area contributed by atoms with Crippen molar-refractivity contribution in [1.82, 2.24) is 4.90 Å².